The third-order valence-electron chi connectivity index (χ3n) is 1.94. The summed E-state index contributed by atoms with van der Waals surface area (Å²) in [6.45, 7) is 4.20. The van der Waals surface area contributed by atoms with E-state index in [0.29, 0.717) is 13.2 Å². The molecular formula is C11H17NO. The molecule has 0 aliphatic heterocycles. The molecule has 0 bridgehead atoms. The van der Waals surface area contributed by atoms with Gasteiger partial charge in [-0.15, -0.1) is 0 Å². The summed E-state index contributed by atoms with van der Waals surface area (Å²) in [6, 6.07) is 8.14. The van der Waals surface area contributed by atoms with Crippen LogP contribution in [-0.4, -0.2) is 6.61 Å². The van der Waals surface area contributed by atoms with Crippen LogP contribution in [0.25, 0.3) is 0 Å². The number of hydrogen-bond acceptors (Lipinski definition) is 2. The number of ether oxygens (including phenoxy) is 1. The first-order valence-electron chi connectivity index (χ1n) is 4.73. The number of nitrogens with two attached hydrogens (primary N) is 1. The molecule has 1 aromatic rings. The summed E-state index contributed by atoms with van der Waals surface area (Å²) in [7, 11) is 0. The molecule has 0 radical (unpaired) electrons. The Morgan fingerprint density at radius 3 is 2.54 bits per heavy atom. The second-order valence-corrected chi connectivity index (χ2v) is 3.03. The van der Waals surface area contributed by atoms with Crippen molar-refractivity contribution in [3.63, 3.8) is 0 Å². The van der Waals surface area contributed by atoms with E-state index in [1.807, 2.05) is 18.2 Å². The van der Waals surface area contributed by atoms with Crippen LogP contribution in [0.2, 0.25) is 0 Å². The van der Waals surface area contributed by atoms with E-state index >= 15 is 0 Å². The van der Waals surface area contributed by atoms with Crippen molar-refractivity contribution in [3.05, 3.63) is 35.4 Å². The molecule has 2 nitrogen and oxygen atoms in total. The number of benzene rings is 1. The van der Waals surface area contributed by atoms with E-state index in [1.54, 1.807) is 0 Å². The van der Waals surface area contributed by atoms with Gasteiger partial charge in [0.05, 0.1) is 6.61 Å². The standard InChI is InChI=1S/C11H17NO/c1-2-7-13-9-11-6-4-3-5-10(11)8-12/h3-6H,2,7-9,12H2,1H3. The molecule has 0 aliphatic carbocycles. The molecule has 0 saturated heterocycles. The lowest BCUT2D eigenvalue weighted by Crippen LogP contribution is -2.03. The molecule has 0 heterocycles. The zero-order valence-corrected chi connectivity index (χ0v) is 8.12. The van der Waals surface area contributed by atoms with Gasteiger partial charge in [0.2, 0.25) is 0 Å². The molecule has 0 aromatic heterocycles. The predicted octanol–water partition coefficient (Wildman–Crippen LogP) is 2.07. The quantitative estimate of drug-likeness (QED) is 0.702. The Bertz CT molecular complexity index is 248. The largest absolute Gasteiger partial charge is 0.377 e. The first-order chi connectivity index (χ1) is 6.38. The van der Waals surface area contributed by atoms with Crippen molar-refractivity contribution < 1.29 is 4.74 Å². The van der Waals surface area contributed by atoms with Crippen molar-refractivity contribution in [2.45, 2.75) is 26.5 Å². The van der Waals surface area contributed by atoms with Gasteiger partial charge in [-0.1, -0.05) is 31.2 Å². The monoisotopic (exact) mass is 179 g/mol. The summed E-state index contributed by atoms with van der Waals surface area (Å²) in [5.74, 6) is 0. The average Bonchev–Trinajstić information content (AvgIpc) is 2.19. The van der Waals surface area contributed by atoms with E-state index in [4.69, 9.17) is 10.5 Å². The molecule has 0 aliphatic rings. The number of rotatable bonds is 5. The zero-order valence-electron chi connectivity index (χ0n) is 8.12. The average molecular weight is 179 g/mol. The van der Waals surface area contributed by atoms with Crippen molar-refractivity contribution in [1.82, 2.24) is 0 Å². The first-order valence-corrected chi connectivity index (χ1v) is 4.73. The second kappa shape index (κ2) is 5.73. The maximum atomic E-state index is 5.60. The molecule has 0 atom stereocenters. The fourth-order valence-electron chi connectivity index (χ4n) is 1.22. The molecule has 0 unspecified atom stereocenters. The van der Waals surface area contributed by atoms with Gasteiger partial charge in [-0.05, 0) is 17.5 Å². The molecule has 0 amide bonds. The van der Waals surface area contributed by atoms with Gasteiger partial charge < -0.3 is 10.5 Å². The highest BCUT2D eigenvalue weighted by Crippen LogP contribution is 2.09. The predicted molar refractivity (Wildman–Crippen MR) is 54.3 cm³/mol. The van der Waals surface area contributed by atoms with Gasteiger partial charge in [0.1, 0.15) is 0 Å². The normalized spacial score (nSPS) is 10.3. The molecule has 1 aromatic carbocycles. The van der Waals surface area contributed by atoms with Crippen LogP contribution >= 0.6 is 0 Å². The first kappa shape index (κ1) is 10.2. The third kappa shape index (κ3) is 3.17. The van der Waals surface area contributed by atoms with E-state index in [2.05, 4.69) is 13.0 Å². The van der Waals surface area contributed by atoms with Crippen LogP contribution in [-0.2, 0) is 17.9 Å². The summed E-state index contributed by atoms with van der Waals surface area (Å²) in [6.07, 6.45) is 1.06. The summed E-state index contributed by atoms with van der Waals surface area (Å²) in [5.41, 5.74) is 7.99. The zero-order chi connectivity index (χ0) is 9.52. The summed E-state index contributed by atoms with van der Waals surface area (Å²) < 4.78 is 5.46. The molecule has 0 fully saturated rings. The van der Waals surface area contributed by atoms with E-state index in [-0.39, 0.29) is 0 Å². The third-order valence-corrected chi connectivity index (χ3v) is 1.94. The molecule has 1 rings (SSSR count). The van der Waals surface area contributed by atoms with Gasteiger partial charge >= 0.3 is 0 Å². The van der Waals surface area contributed by atoms with Gasteiger partial charge in [-0.25, -0.2) is 0 Å². The molecular weight excluding hydrogens is 162 g/mol. The van der Waals surface area contributed by atoms with Crippen LogP contribution < -0.4 is 5.73 Å². The van der Waals surface area contributed by atoms with Gasteiger partial charge in [0, 0.05) is 13.2 Å². The van der Waals surface area contributed by atoms with Gasteiger partial charge in [0.15, 0.2) is 0 Å². The summed E-state index contributed by atoms with van der Waals surface area (Å²) in [5, 5.41) is 0. The van der Waals surface area contributed by atoms with Crippen LogP contribution in [0.15, 0.2) is 24.3 Å². The lowest BCUT2D eigenvalue weighted by Gasteiger charge is -2.07. The van der Waals surface area contributed by atoms with Gasteiger partial charge in [-0.2, -0.15) is 0 Å². The maximum Gasteiger partial charge on any atom is 0.0720 e. The molecule has 0 saturated carbocycles. The van der Waals surface area contributed by atoms with Crippen LogP contribution in [0.3, 0.4) is 0 Å². The minimum Gasteiger partial charge on any atom is -0.377 e. The Kier molecular flexibility index (Phi) is 4.50. The van der Waals surface area contributed by atoms with E-state index < -0.39 is 0 Å². The Morgan fingerprint density at radius 1 is 1.23 bits per heavy atom. The Labute approximate surface area is 79.7 Å². The molecule has 2 heteroatoms. The SMILES string of the molecule is CCCOCc1ccccc1CN. The van der Waals surface area contributed by atoms with Crippen LogP contribution in [0.5, 0.6) is 0 Å². The van der Waals surface area contributed by atoms with Gasteiger partial charge in [-0.3, -0.25) is 0 Å². The van der Waals surface area contributed by atoms with E-state index in [9.17, 15) is 0 Å². The van der Waals surface area contributed by atoms with E-state index in [1.165, 1.54) is 11.1 Å². The van der Waals surface area contributed by atoms with Crippen LogP contribution in [0.1, 0.15) is 24.5 Å². The summed E-state index contributed by atoms with van der Waals surface area (Å²) >= 11 is 0. The minimum atomic E-state index is 0.589. The van der Waals surface area contributed by atoms with Crippen molar-refractivity contribution in [2.75, 3.05) is 6.61 Å². The topological polar surface area (TPSA) is 35.2 Å². The lowest BCUT2D eigenvalue weighted by molar-refractivity contribution is 0.121. The Balaban J connectivity index is 2.54. The lowest BCUT2D eigenvalue weighted by atomic mass is 10.1. The van der Waals surface area contributed by atoms with E-state index in [0.717, 1.165) is 13.0 Å². The number of hydrogen-bond donors (Lipinski definition) is 1. The maximum absolute atomic E-state index is 5.60. The highest BCUT2D eigenvalue weighted by atomic mass is 16.5. The van der Waals surface area contributed by atoms with Crippen LogP contribution in [0, 0.1) is 0 Å². The fraction of sp³-hybridized carbons (Fsp3) is 0.455. The minimum absolute atomic E-state index is 0.589. The summed E-state index contributed by atoms with van der Waals surface area (Å²) in [4.78, 5) is 0. The highest BCUT2D eigenvalue weighted by Gasteiger charge is 1.98. The smallest absolute Gasteiger partial charge is 0.0720 e. The van der Waals surface area contributed by atoms with Crippen molar-refractivity contribution in [1.29, 1.82) is 0 Å². The highest BCUT2D eigenvalue weighted by molar-refractivity contribution is 5.26. The molecule has 2 N–H and O–H groups in total. The fourth-order valence-corrected chi connectivity index (χ4v) is 1.22. The van der Waals surface area contributed by atoms with Crippen molar-refractivity contribution >= 4 is 0 Å². The Morgan fingerprint density at radius 2 is 1.92 bits per heavy atom. The van der Waals surface area contributed by atoms with Gasteiger partial charge in [0.25, 0.3) is 0 Å². The van der Waals surface area contributed by atoms with Crippen LogP contribution in [0.4, 0.5) is 0 Å². The molecule has 72 valence electrons. The second-order valence-electron chi connectivity index (χ2n) is 3.03. The van der Waals surface area contributed by atoms with Crippen molar-refractivity contribution in [2.24, 2.45) is 5.73 Å². The van der Waals surface area contributed by atoms with Crippen molar-refractivity contribution in [3.8, 4) is 0 Å². The Hall–Kier alpha value is -0.860. The molecule has 0 spiro atoms. The molecule has 13 heavy (non-hydrogen) atoms.